The Morgan fingerprint density at radius 1 is 1.16 bits per heavy atom. The van der Waals surface area contributed by atoms with Gasteiger partial charge in [0.1, 0.15) is 11.8 Å². The molecule has 10 heteroatoms. The number of carbonyl (C=O) groups is 3. The summed E-state index contributed by atoms with van der Waals surface area (Å²) in [5.74, 6) is -1.74. The van der Waals surface area contributed by atoms with Crippen molar-refractivity contribution in [2.45, 2.75) is 59.0 Å². The monoisotopic (exact) mass is 696 g/mol. The summed E-state index contributed by atoms with van der Waals surface area (Å²) >= 11 is 5.37. The summed E-state index contributed by atoms with van der Waals surface area (Å²) in [6.07, 6.45) is 6.80. The van der Waals surface area contributed by atoms with E-state index >= 15 is 0 Å². The number of aliphatic hydroxyl groups excluding tert-OH is 1. The first-order valence-electron chi connectivity index (χ1n) is 15.4. The number of rotatable bonds is 15. The molecule has 8 nitrogen and oxygen atoms in total. The standard InChI is InChI=1S/C35H41BrN2O6S/c1-4-6-7-11-19-44-34(42)28-29-32(40)38(25(22-39)20-23-12-9-8-10-13-23)31(35(29)21-27(36)30(28)45-35)33(41)37(18-5-2)24-14-16-26(43-3)17-15-24/h4-5,8-10,12-17,25,27-31,39H,1-2,6-7,11,18-22H2,3H3/t25-,27?,28-,29+,30-,31?,35?/m1/s1. The molecule has 45 heavy (non-hydrogen) atoms. The van der Waals surface area contributed by atoms with Gasteiger partial charge in [-0.3, -0.25) is 14.4 Å². The number of hydrogen-bond acceptors (Lipinski definition) is 7. The maximum absolute atomic E-state index is 14.9. The van der Waals surface area contributed by atoms with Crippen LogP contribution in [-0.4, -0.2) is 81.6 Å². The number of benzene rings is 2. The molecule has 1 spiro atoms. The first-order chi connectivity index (χ1) is 21.8. The van der Waals surface area contributed by atoms with Crippen LogP contribution in [-0.2, 0) is 25.5 Å². The first kappa shape index (κ1) is 33.3. The van der Waals surface area contributed by atoms with E-state index in [1.807, 2.05) is 48.5 Å². The molecule has 7 atom stereocenters. The van der Waals surface area contributed by atoms with Gasteiger partial charge in [0.25, 0.3) is 5.91 Å². The van der Waals surface area contributed by atoms with Crippen LogP contribution in [0.15, 0.2) is 79.9 Å². The third-order valence-corrected chi connectivity index (χ3v) is 12.4. The summed E-state index contributed by atoms with van der Waals surface area (Å²) in [6.45, 7) is 7.80. The number of ether oxygens (including phenoxy) is 2. The number of unbranched alkanes of at least 4 members (excludes halogenated alkanes) is 2. The number of likely N-dealkylation sites (tertiary alicyclic amines) is 1. The second kappa shape index (κ2) is 14.6. The number of alkyl halides is 1. The van der Waals surface area contributed by atoms with Crippen molar-refractivity contribution in [3.05, 3.63) is 85.5 Å². The summed E-state index contributed by atoms with van der Waals surface area (Å²) in [5, 5.41) is 10.5. The van der Waals surface area contributed by atoms with Gasteiger partial charge in [0.2, 0.25) is 5.91 Å². The second-order valence-corrected chi connectivity index (χ2v) is 14.5. The summed E-state index contributed by atoms with van der Waals surface area (Å²) in [6, 6.07) is 15.2. The Labute approximate surface area is 278 Å². The molecule has 3 aliphatic rings. The zero-order valence-electron chi connectivity index (χ0n) is 25.6. The number of aliphatic hydroxyl groups is 1. The highest BCUT2D eigenvalue weighted by atomic mass is 79.9. The Kier molecular flexibility index (Phi) is 10.8. The fourth-order valence-corrected chi connectivity index (χ4v) is 10.7. The molecule has 1 N–H and O–H groups in total. The lowest BCUT2D eigenvalue weighted by atomic mass is 9.71. The number of halogens is 1. The molecule has 3 saturated heterocycles. The van der Waals surface area contributed by atoms with E-state index in [1.165, 1.54) is 0 Å². The Balaban J connectivity index is 1.55. The fraction of sp³-hybridized carbons (Fsp3) is 0.457. The average Bonchev–Trinajstić information content (AvgIpc) is 3.65. The van der Waals surface area contributed by atoms with Gasteiger partial charge in [-0.15, -0.1) is 24.9 Å². The molecule has 2 bridgehead atoms. The van der Waals surface area contributed by atoms with Crippen LogP contribution < -0.4 is 9.64 Å². The number of allylic oxidation sites excluding steroid dienone is 1. The minimum Gasteiger partial charge on any atom is -0.497 e. The van der Waals surface area contributed by atoms with Crippen LogP contribution in [0.25, 0.3) is 0 Å². The van der Waals surface area contributed by atoms with Crippen molar-refractivity contribution < 1.29 is 29.0 Å². The fourth-order valence-electron chi connectivity index (χ4n) is 7.17. The van der Waals surface area contributed by atoms with E-state index in [-0.39, 0.29) is 41.6 Å². The molecule has 2 aromatic carbocycles. The van der Waals surface area contributed by atoms with Gasteiger partial charge in [-0.05, 0) is 61.9 Å². The van der Waals surface area contributed by atoms with E-state index < -0.39 is 34.6 Å². The van der Waals surface area contributed by atoms with Crippen molar-refractivity contribution in [2.24, 2.45) is 11.8 Å². The van der Waals surface area contributed by atoms with Gasteiger partial charge >= 0.3 is 5.97 Å². The molecular weight excluding hydrogens is 656 g/mol. The molecule has 5 rings (SSSR count). The molecule has 0 aromatic heterocycles. The molecule has 3 aliphatic heterocycles. The Morgan fingerprint density at radius 2 is 1.89 bits per heavy atom. The van der Waals surface area contributed by atoms with Crippen LogP contribution in [0.3, 0.4) is 0 Å². The SMILES string of the molecule is C=CCCCCOC(=O)[C@H]1[C@@H]2SC3(CC2Br)C(C(=O)N(CC=C)c2ccc(OC)cc2)N([C@@H](CO)Cc2ccccc2)C(=O)[C@H]13. The van der Waals surface area contributed by atoms with Gasteiger partial charge in [0.15, 0.2) is 0 Å². The normalized spacial score (nSPS) is 27.1. The highest BCUT2D eigenvalue weighted by molar-refractivity contribution is 9.09. The predicted molar refractivity (Wildman–Crippen MR) is 181 cm³/mol. The van der Waals surface area contributed by atoms with Crippen LogP contribution in [0.2, 0.25) is 0 Å². The van der Waals surface area contributed by atoms with Gasteiger partial charge < -0.3 is 24.4 Å². The molecule has 2 aromatic rings. The van der Waals surface area contributed by atoms with Gasteiger partial charge in [0, 0.05) is 22.3 Å². The zero-order chi connectivity index (χ0) is 32.1. The summed E-state index contributed by atoms with van der Waals surface area (Å²) < 4.78 is 10.2. The number of carbonyl (C=O) groups excluding carboxylic acids is 3. The van der Waals surface area contributed by atoms with Crippen LogP contribution in [0.4, 0.5) is 5.69 Å². The lowest BCUT2D eigenvalue weighted by molar-refractivity contribution is -0.154. The summed E-state index contributed by atoms with van der Waals surface area (Å²) in [5.41, 5.74) is 1.58. The molecule has 2 amide bonds. The number of hydrogen-bond donors (Lipinski definition) is 1. The minimum absolute atomic E-state index is 0.0874. The van der Waals surface area contributed by atoms with E-state index in [9.17, 15) is 19.5 Å². The zero-order valence-corrected chi connectivity index (χ0v) is 28.0. The molecule has 3 unspecified atom stereocenters. The van der Waals surface area contributed by atoms with Crippen LogP contribution in [0.5, 0.6) is 5.75 Å². The maximum Gasteiger partial charge on any atom is 0.310 e. The summed E-state index contributed by atoms with van der Waals surface area (Å²) in [7, 11) is 1.58. The topological polar surface area (TPSA) is 96.4 Å². The van der Waals surface area contributed by atoms with Crippen molar-refractivity contribution in [1.82, 2.24) is 4.90 Å². The number of methoxy groups -OCH3 is 1. The molecule has 3 fully saturated rings. The number of anilines is 1. The predicted octanol–water partition coefficient (Wildman–Crippen LogP) is 5.18. The quantitative estimate of drug-likeness (QED) is 0.119. The second-order valence-electron chi connectivity index (χ2n) is 11.8. The van der Waals surface area contributed by atoms with Gasteiger partial charge in [-0.1, -0.05) is 58.4 Å². The van der Waals surface area contributed by atoms with E-state index in [0.717, 1.165) is 18.4 Å². The van der Waals surface area contributed by atoms with Crippen LogP contribution >= 0.6 is 27.7 Å². The van der Waals surface area contributed by atoms with Crippen molar-refractivity contribution in [3.8, 4) is 5.75 Å². The smallest absolute Gasteiger partial charge is 0.310 e. The molecular formula is C35H41BrN2O6S. The highest BCUT2D eigenvalue weighted by Gasteiger charge is 2.76. The number of nitrogens with zero attached hydrogens (tertiary/aromatic N) is 2. The van der Waals surface area contributed by atoms with Crippen LogP contribution in [0, 0.1) is 11.8 Å². The minimum atomic E-state index is -0.918. The Bertz CT molecular complexity index is 1390. The number of fused-ring (bicyclic) bond motifs is 1. The highest BCUT2D eigenvalue weighted by Crippen LogP contribution is 2.68. The first-order valence-corrected chi connectivity index (χ1v) is 17.2. The third-order valence-electron chi connectivity index (χ3n) is 9.16. The van der Waals surface area contributed by atoms with E-state index in [0.29, 0.717) is 30.7 Å². The third kappa shape index (κ3) is 6.33. The lowest BCUT2D eigenvalue weighted by Gasteiger charge is -2.40. The summed E-state index contributed by atoms with van der Waals surface area (Å²) in [4.78, 5) is 46.4. The van der Waals surface area contributed by atoms with Gasteiger partial charge in [-0.2, -0.15) is 0 Å². The number of esters is 1. The molecule has 3 heterocycles. The molecule has 0 aliphatic carbocycles. The molecule has 0 radical (unpaired) electrons. The largest absolute Gasteiger partial charge is 0.497 e. The number of thioether (sulfide) groups is 1. The van der Waals surface area contributed by atoms with Crippen LogP contribution in [0.1, 0.15) is 31.2 Å². The molecule has 0 saturated carbocycles. The number of amides is 2. The van der Waals surface area contributed by atoms with E-state index in [2.05, 4.69) is 29.1 Å². The Hall–Kier alpha value is -3.08. The van der Waals surface area contributed by atoms with Crippen molar-refractivity contribution >= 4 is 51.2 Å². The van der Waals surface area contributed by atoms with E-state index in [4.69, 9.17) is 9.47 Å². The molecule has 240 valence electrons. The average molecular weight is 698 g/mol. The van der Waals surface area contributed by atoms with Crippen molar-refractivity contribution in [3.63, 3.8) is 0 Å². The van der Waals surface area contributed by atoms with Gasteiger partial charge in [0.05, 0.1) is 42.9 Å². The van der Waals surface area contributed by atoms with E-state index in [1.54, 1.807) is 46.9 Å². The maximum atomic E-state index is 14.9. The van der Waals surface area contributed by atoms with Gasteiger partial charge in [-0.25, -0.2) is 0 Å². The van der Waals surface area contributed by atoms with Crippen molar-refractivity contribution in [2.75, 3.05) is 31.8 Å². The Morgan fingerprint density at radius 3 is 2.53 bits per heavy atom. The lowest BCUT2D eigenvalue weighted by Crippen LogP contribution is -2.58. The van der Waals surface area contributed by atoms with Crippen molar-refractivity contribution in [1.29, 1.82) is 0 Å².